The SMILES string of the molecule is CCOC(=O)C1=C(c2ccccc2)NC(=S)N[C@@H]1c1ccc(OC2CCCC2)c(OC)c1. The predicted octanol–water partition coefficient (Wildman–Crippen LogP) is 4.51. The van der Waals surface area contributed by atoms with Gasteiger partial charge < -0.3 is 24.8 Å². The summed E-state index contributed by atoms with van der Waals surface area (Å²) in [5, 5.41) is 6.82. The average molecular weight is 453 g/mol. The zero-order valence-electron chi connectivity index (χ0n) is 18.4. The number of nitrogens with one attached hydrogen (secondary N) is 2. The molecule has 6 nitrogen and oxygen atoms in total. The van der Waals surface area contributed by atoms with Gasteiger partial charge in [-0.2, -0.15) is 0 Å². The van der Waals surface area contributed by atoms with Gasteiger partial charge in [0.1, 0.15) is 0 Å². The fourth-order valence-electron chi connectivity index (χ4n) is 4.22. The van der Waals surface area contributed by atoms with Gasteiger partial charge in [-0.1, -0.05) is 36.4 Å². The lowest BCUT2D eigenvalue weighted by atomic mass is 9.92. The monoisotopic (exact) mass is 452 g/mol. The molecular weight excluding hydrogens is 424 g/mol. The summed E-state index contributed by atoms with van der Waals surface area (Å²) in [4.78, 5) is 13.1. The van der Waals surface area contributed by atoms with Crippen molar-refractivity contribution in [1.29, 1.82) is 0 Å². The Labute approximate surface area is 193 Å². The van der Waals surface area contributed by atoms with Crippen molar-refractivity contribution in [2.45, 2.75) is 44.8 Å². The fourth-order valence-corrected chi connectivity index (χ4v) is 4.44. The Morgan fingerprint density at radius 2 is 1.84 bits per heavy atom. The molecule has 2 N–H and O–H groups in total. The molecule has 2 aliphatic rings. The normalized spacial score (nSPS) is 18.7. The lowest BCUT2D eigenvalue weighted by molar-refractivity contribution is -0.138. The van der Waals surface area contributed by atoms with Crippen molar-refractivity contribution in [3.8, 4) is 11.5 Å². The largest absolute Gasteiger partial charge is 0.493 e. The van der Waals surface area contributed by atoms with Gasteiger partial charge >= 0.3 is 5.97 Å². The number of ether oxygens (including phenoxy) is 3. The van der Waals surface area contributed by atoms with Crippen LogP contribution in [-0.4, -0.2) is 30.9 Å². The molecule has 0 aromatic heterocycles. The van der Waals surface area contributed by atoms with E-state index in [1.165, 1.54) is 12.8 Å². The Morgan fingerprint density at radius 3 is 2.53 bits per heavy atom. The number of thiocarbonyl (C=S) groups is 1. The first kappa shape index (κ1) is 22.1. The quantitative estimate of drug-likeness (QED) is 0.473. The molecule has 2 aromatic carbocycles. The third-order valence-corrected chi connectivity index (χ3v) is 5.97. The second kappa shape index (κ2) is 10.0. The molecule has 0 spiro atoms. The van der Waals surface area contributed by atoms with E-state index in [-0.39, 0.29) is 12.7 Å². The third kappa shape index (κ3) is 4.72. The van der Waals surface area contributed by atoms with Crippen LogP contribution in [0.2, 0.25) is 0 Å². The van der Waals surface area contributed by atoms with Gasteiger partial charge in [-0.3, -0.25) is 0 Å². The van der Waals surface area contributed by atoms with Crippen LogP contribution in [0.1, 0.15) is 49.8 Å². The minimum absolute atomic E-state index is 0.221. The highest BCUT2D eigenvalue weighted by atomic mass is 32.1. The van der Waals surface area contributed by atoms with Crippen molar-refractivity contribution in [2.75, 3.05) is 13.7 Å². The van der Waals surface area contributed by atoms with E-state index in [2.05, 4.69) is 10.6 Å². The van der Waals surface area contributed by atoms with E-state index in [0.717, 1.165) is 24.0 Å². The Kier molecular flexibility index (Phi) is 6.95. The van der Waals surface area contributed by atoms with Crippen molar-refractivity contribution >= 4 is 29.0 Å². The average Bonchev–Trinajstić information content (AvgIpc) is 3.32. The van der Waals surface area contributed by atoms with Gasteiger partial charge in [0.2, 0.25) is 0 Å². The van der Waals surface area contributed by atoms with Crippen LogP contribution in [0.25, 0.3) is 5.70 Å². The topological polar surface area (TPSA) is 68.8 Å². The molecule has 32 heavy (non-hydrogen) atoms. The Hall–Kier alpha value is -3.06. The van der Waals surface area contributed by atoms with Gasteiger partial charge in [0.25, 0.3) is 0 Å². The van der Waals surface area contributed by atoms with Crippen LogP contribution in [-0.2, 0) is 9.53 Å². The summed E-state index contributed by atoms with van der Waals surface area (Å²) in [5.41, 5.74) is 2.81. The highest BCUT2D eigenvalue weighted by Crippen LogP contribution is 2.37. The van der Waals surface area contributed by atoms with E-state index in [1.54, 1.807) is 14.0 Å². The van der Waals surface area contributed by atoms with Crippen LogP contribution >= 0.6 is 12.2 Å². The number of rotatable bonds is 7. The molecule has 2 aromatic rings. The number of hydrogen-bond acceptors (Lipinski definition) is 5. The Bertz CT molecular complexity index is 1020. The van der Waals surface area contributed by atoms with E-state index in [4.69, 9.17) is 26.4 Å². The van der Waals surface area contributed by atoms with Gasteiger partial charge in [0, 0.05) is 0 Å². The predicted molar refractivity (Wildman–Crippen MR) is 127 cm³/mol. The summed E-state index contributed by atoms with van der Waals surface area (Å²) in [6.45, 7) is 2.07. The maximum Gasteiger partial charge on any atom is 0.338 e. The van der Waals surface area contributed by atoms with Crippen LogP contribution in [0.4, 0.5) is 0 Å². The van der Waals surface area contributed by atoms with E-state index >= 15 is 0 Å². The second-order valence-corrected chi connectivity index (χ2v) is 8.25. The molecule has 0 saturated heterocycles. The Balaban J connectivity index is 1.75. The van der Waals surface area contributed by atoms with Crippen LogP contribution in [0.15, 0.2) is 54.1 Å². The number of carbonyl (C=O) groups is 1. The van der Waals surface area contributed by atoms with Crippen molar-refractivity contribution in [3.63, 3.8) is 0 Å². The van der Waals surface area contributed by atoms with Crippen molar-refractivity contribution in [1.82, 2.24) is 10.6 Å². The zero-order valence-corrected chi connectivity index (χ0v) is 19.2. The highest BCUT2D eigenvalue weighted by molar-refractivity contribution is 7.80. The van der Waals surface area contributed by atoms with E-state index in [0.29, 0.717) is 27.9 Å². The third-order valence-electron chi connectivity index (χ3n) is 5.75. The molecule has 1 atom stereocenters. The summed E-state index contributed by atoms with van der Waals surface area (Å²) in [6, 6.07) is 14.9. The molecule has 0 bridgehead atoms. The molecule has 168 valence electrons. The molecule has 0 amide bonds. The maximum absolute atomic E-state index is 13.1. The van der Waals surface area contributed by atoms with E-state index in [9.17, 15) is 4.79 Å². The maximum atomic E-state index is 13.1. The van der Waals surface area contributed by atoms with Crippen molar-refractivity contribution in [2.24, 2.45) is 0 Å². The van der Waals surface area contributed by atoms with Crippen LogP contribution in [0.3, 0.4) is 0 Å². The molecule has 1 fully saturated rings. The number of hydrogen-bond donors (Lipinski definition) is 2. The van der Waals surface area contributed by atoms with Crippen molar-refractivity contribution < 1.29 is 19.0 Å². The first-order valence-electron chi connectivity index (χ1n) is 11.0. The molecule has 1 aliphatic heterocycles. The molecule has 0 radical (unpaired) electrons. The lowest BCUT2D eigenvalue weighted by Gasteiger charge is -2.31. The number of carbonyl (C=O) groups excluding carboxylic acids is 1. The van der Waals surface area contributed by atoms with Crippen LogP contribution in [0.5, 0.6) is 11.5 Å². The smallest absolute Gasteiger partial charge is 0.338 e. The second-order valence-electron chi connectivity index (χ2n) is 7.84. The minimum atomic E-state index is -0.493. The van der Waals surface area contributed by atoms with E-state index in [1.807, 2.05) is 48.5 Å². The minimum Gasteiger partial charge on any atom is -0.493 e. The summed E-state index contributed by atoms with van der Waals surface area (Å²) in [5.74, 6) is 0.943. The van der Waals surface area contributed by atoms with E-state index < -0.39 is 12.0 Å². The lowest BCUT2D eigenvalue weighted by Crippen LogP contribution is -2.45. The summed E-state index contributed by atoms with van der Waals surface area (Å²) in [7, 11) is 1.62. The number of esters is 1. The molecule has 1 aliphatic carbocycles. The first-order chi connectivity index (χ1) is 15.6. The summed E-state index contributed by atoms with van der Waals surface area (Å²) in [6.07, 6.45) is 4.73. The highest BCUT2D eigenvalue weighted by Gasteiger charge is 2.33. The molecule has 4 rings (SSSR count). The van der Waals surface area contributed by atoms with Crippen LogP contribution < -0.4 is 20.1 Å². The fraction of sp³-hybridized carbons (Fsp3) is 0.360. The zero-order chi connectivity index (χ0) is 22.5. The standard InChI is InChI=1S/C25H28N2O4S/c1-3-30-24(28)21-22(16-9-5-4-6-10-16)26-25(32)27-23(21)17-13-14-19(20(15-17)29-2)31-18-11-7-8-12-18/h4-6,9-10,13-15,18,23H,3,7-8,11-12H2,1-2H3,(H2,26,27,32)/t23-/m1/s1. The molecule has 1 heterocycles. The first-order valence-corrected chi connectivity index (χ1v) is 11.4. The molecular formula is C25H28N2O4S. The number of benzene rings is 2. The Morgan fingerprint density at radius 1 is 1.09 bits per heavy atom. The van der Waals surface area contributed by atoms with Gasteiger partial charge in [-0.25, -0.2) is 4.79 Å². The van der Waals surface area contributed by atoms with Gasteiger partial charge in [-0.15, -0.1) is 0 Å². The van der Waals surface area contributed by atoms with Gasteiger partial charge in [0.05, 0.1) is 37.1 Å². The summed E-state index contributed by atoms with van der Waals surface area (Å²) < 4.78 is 17.2. The molecule has 1 saturated carbocycles. The van der Waals surface area contributed by atoms with Gasteiger partial charge in [0.15, 0.2) is 16.6 Å². The molecule has 7 heteroatoms. The van der Waals surface area contributed by atoms with Crippen molar-refractivity contribution in [3.05, 3.63) is 65.2 Å². The number of methoxy groups -OCH3 is 1. The summed E-state index contributed by atoms with van der Waals surface area (Å²) >= 11 is 5.48. The van der Waals surface area contributed by atoms with Gasteiger partial charge in [-0.05, 0) is 68.1 Å². The van der Waals surface area contributed by atoms with Crippen LogP contribution in [0, 0.1) is 0 Å². The molecule has 0 unspecified atom stereocenters.